The number of nitrogens with zero attached hydrogens (tertiary/aromatic N) is 1. The zero-order valence-electron chi connectivity index (χ0n) is 9.83. The maximum Gasteiger partial charge on any atom is 0.186 e. The Bertz CT molecular complexity index is 388. The topological polar surface area (TPSA) is 64.4 Å². The SMILES string of the molecule is Cc1cccc(C(C)(C)N=C(N)N)c1C. The first-order chi connectivity index (χ1) is 6.84. The normalized spacial score (nSPS) is 11.2. The fourth-order valence-corrected chi connectivity index (χ4v) is 1.80. The van der Waals surface area contributed by atoms with E-state index in [0.29, 0.717) is 0 Å². The Labute approximate surface area is 91.2 Å². The summed E-state index contributed by atoms with van der Waals surface area (Å²) in [5.74, 6) is 0.126. The lowest BCUT2D eigenvalue weighted by Crippen LogP contribution is -2.28. The van der Waals surface area contributed by atoms with E-state index < -0.39 is 0 Å². The summed E-state index contributed by atoms with van der Waals surface area (Å²) in [5.41, 5.74) is 14.2. The molecule has 1 aromatic rings. The monoisotopic (exact) mass is 205 g/mol. The van der Waals surface area contributed by atoms with Gasteiger partial charge in [0.1, 0.15) is 0 Å². The van der Waals surface area contributed by atoms with E-state index in [1.807, 2.05) is 19.9 Å². The van der Waals surface area contributed by atoms with Gasteiger partial charge in [-0.3, -0.25) is 0 Å². The van der Waals surface area contributed by atoms with Gasteiger partial charge >= 0.3 is 0 Å². The molecule has 3 nitrogen and oxygen atoms in total. The van der Waals surface area contributed by atoms with E-state index in [9.17, 15) is 0 Å². The molecular formula is C12H19N3. The van der Waals surface area contributed by atoms with E-state index in [-0.39, 0.29) is 11.5 Å². The van der Waals surface area contributed by atoms with Crippen LogP contribution >= 0.6 is 0 Å². The number of aryl methyl sites for hydroxylation is 1. The van der Waals surface area contributed by atoms with Crippen LogP contribution in [-0.4, -0.2) is 5.96 Å². The van der Waals surface area contributed by atoms with Crippen molar-refractivity contribution >= 4 is 5.96 Å². The van der Waals surface area contributed by atoms with E-state index >= 15 is 0 Å². The van der Waals surface area contributed by atoms with Gasteiger partial charge in [-0.2, -0.15) is 0 Å². The van der Waals surface area contributed by atoms with Crippen LogP contribution in [0.5, 0.6) is 0 Å². The minimum absolute atomic E-state index is 0.126. The van der Waals surface area contributed by atoms with Crippen molar-refractivity contribution < 1.29 is 0 Å². The molecule has 1 rings (SSSR count). The Morgan fingerprint density at radius 3 is 2.33 bits per heavy atom. The van der Waals surface area contributed by atoms with Crippen molar-refractivity contribution in [1.82, 2.24) is 0 Å². The molecule has 1 aromatic carbocycles. The van der Waals surface area contributed by atoms with Crippen LogP contribution in [-0.2, 0) is 5.54 Å². The van der Waals surface area contributed by atoms with Gasteiger partial charge < -0.3 is 11.5 Å². The first-order valence-corrected chi connectivity index (χ1v) is 5.02. The molecule has 0 spiro atoms. The predicted molar refractivity (Wildman–Crippen MR) is 64.8 cm³/mol. The van der Waals surface area contributed by atoms with Crippen LogP contribution in [0.25, 0.3) is 0 Å². The maximum absolute atomic E-state index is 5.43. The quantitative estimate of drug-likeness (QED) is 0.571. The van der Waals surface area contributed by atoms with Crippen molar-refractivity contribution in [3.8, 4) is 0 Å². The molecule has 4 N–H and O–H groups in total. The van der Waals surface area contributed by atoms with Crippen molar-refractivity contribution in [3.05, 3.63) is 34.9 Å². The van der Waals surface area contributed by atoms with E-state index in [1.165, 1.54) is 11.1 Å². The fraction of sp³-hybridized carbons (Fsp3) is 0.417. The number of rotatable bonds is 2. The summed E-state index contributed by atoms with van der Waals surface area (Å²) in [6.45, 7) is 8.20. The maximum atomic E-state index is 5.43. The Morgan fingerprint density at radius 1 is 1.20 bits per heavy atom. The zero-order valence-corrected chi connectivity index (χ0v) is 9.83. The van der Waals surface area contributed by atoms with E-state index in [0.717, 1.165) is 5.56 Å². The third kappa shape index (κ3) is 2.49. The smallest absolute Gasteiger partial charge is 0.186 e. The van der Waals surface area contributed by atoms with Gasteiger partial charge in [0.05, 0.1) is 5.54 Å². The summed E-state index contributed by atoms with van der Waals surface area (Å²) in [4.78, 5) is 4.25. The molecule has 0 radical (unpaired) electrons. The second-order valence-corrected chi connectivity index (χ2v) is 4.34. The average molecular weight is 205 g/mol. The number of benzene rings is 1. The van der Waals surface area contributed by atoms with E-state index in [4.69, 9.17) is 11.5 Å². The molecule has 0 aliphatic carbocycles. The van der Waals surface area contributed by atoms with Crippen LogP contribution in [0.2, 0.25) is 0 Å². The summed E-state index contributed by atoms with van der Waals surface area (Å²) >= 11 is 0. The van der Waals surface area contributed by atoms with Crippen molar-refractivity contribution in [2.24, 2.45) is 16.5 Å². The molecule has 0 saturated carbocycles. The average Bonchev–Trinajstić information content (AvgIpc) is 2.07. The summed E-state index contributed by atoms with van der Waals surface area (Å²) < 4.78 is 0. The van der Waals surface area contributed by atoms with Crippen molar-refractivity contribution in [2.45, 2.75) is 33.2 Å². The Kier molecular flexibility index (Phi) is 3.03. The van der Waals surface area contributed by atoms with Gasteiger partial charge in [0.2, 0.25) is 0 Å². The Hall–Kier alpha value is -1.51. The third-order valence-electron chi connectivity index (χ3n) is 2.67. The fourth-order valence-electron chi connectivity index (χ4n) is 1.80. The minimum atomic E-state index is -0.366. The highest BCUT2D eigenvalue weighted by Crippen LogP contribution is 2.28. The summed E-state index contributed by atoms with van der Waals surface area (Å²) in [6.07, 6.45) is 0. The van der Waals surface area contributed by atoms with Crippen LogP contribution in [0, 0.1) is 13.8 Å². The van der Waals surface area contributed by atoms with Gasteiger partial charge in [0.15, 0.2) is 5.96 Å². The lowest BCUT2D eigenvalue weighted by atomic mass is 9.89. The van der Waals surface area contributed by atoms with Gasteiger partial charge in [-0.25, -0.2) is 4.99 Å². The molecule has 0 aliphatic rings. The highest BCUT2D eigenvalue weighted by Gasteiger charge is 2.21. The molecule has 0 unspecified atom stereocenters. The van der Waals surface area contributed by atoms with Crippen LogP contribution in [0.4, 0.5) is 0 Å². The predicted octanol–water partition coefficient (Wildman–Crippen LogP) is 1.81. The molecule has 0 atom stereocenters. The van der Waals surface area contributed by atoms with E-state index in [1.54, 1.807) is 0 Å². The van der Waals surface area contributed by atoms with Crippen LogP contribution < -0.4 is 11.5 Å². The molecule has 0 saturated heterocycles. The van der Waals surface area contributed by atoms with Gasteiger partial charge in [-0.15, -0.1) is 0 Å². The molecule has 0 amide bonds. The third-order valence-corrected chi connectivity index (χ3v) is 2.67. The second-order valence-electron chi connectivity index (χ2n) is 4.34. The zero-order chi connectivity index (χ0) is 11.6. The van der Waals surface area contributed by atoms with Crippen LogP contribution in [0.3, 0.4) is 0 Å². The molecule has 82 valence electrons. The molecule has 0 heterocycles. The standard InChI is InChI=1S/C12H19N3/c1-8-6-5-7-10(9(8)2)12(3,4)15-11(13)14/h5-7H,1-4H3,(H4,13,14,15). The minimum Gasteiger partial charge on any atom is -0.370 e. The summed E-state index contributed by atoms with van der Waals surface area (Å²) in [5, 5.41) is 0. The summed E-state index contributed by atoms with van der Waals surface area (Å²) in [6, 6.07) is 6.18. The van der Waals surface area contributed by atoms with Gasteiger partial charge in [-0.1, -0.05) is 18.2 Å². The molecule has 0 aromatic heterocycles. The number of aliphatic imine (C=N–C) groups is 1. The number of guanidine groups is 1. The number of hydrogen-bond acceptors (Lipinski definition) is 1. The molecule has 0 aliphatic heterocycles. The highest BCUT2D eigenvalue weighted by atomic mass is 15.0. The lowest BCUT2D eigenvalue weighted by molar-refractivity contribution is 0.552. The summed E-state index contributed by atoms with van der Waals surface area (Å²) in [7, 11) is 0. The number of nitrogens with two attached hydrogens (primary N) is 2. The molecule has 0 fully saturated rings. The van der Waals surface area contributed by atoms with Crippen LogP contribution in [0.1, 0.15) is 30.5 Å². The molecule has 15 heavy (non-hydrogen) atoms. The van der Waals surface area contributed by atoms with E-state index in [2.05, 4.69) is 31.0 Å². The van der Waals surface area contributed by atoms with Crippen molar-refractivity contribution in [3.63, 3.8) is 0 Å². The van der Waals surface area contributed by atoms with Crippen molar-refractivity contribution in [2.75, 3.05) is 0 Å². The van der Waals surface area contributed by atoms with Gasteiger partial charge in [-0.05, 0) is 44.4 Å². The van der Waals surface area contributed by atoms with Gasteiger partial charge in [0, 0.05) is 0 Å². The molecule has 0 bridgehead atoms. The van der Waals surface area contributed by atoms with Gasteiger partial charge in [0.25, 0.3) is 0 Å². The number of hydrogen-bond donors (Lipinski definition) is 2. The Morgan fingerprint density at radius 2 is 1.80 bits per heavy atom. The first-order valence-electron chi connectivity index (χ1n) is 5.02. The molecular weight excluding hydrogens is 186 g/mol. The largest absolute Gasteiger partial charge is 0.370 e. The van der Waals surface area contributed by atoms with Crippen LogP contribution in [0.15, 0.2) is 23.2 Å². The first kappa shape index (κ1) is 11.6. The lowest BCUT2D eigenvalue weighted by Gasteiger charge is -2.23. The van der Waals surface area contributed by atoms with Crippen molar-refractivity contribution in [1.29, 1.82) is 0 Å². The molecule has 3 heteroatoms. The second kappa shape index (κ2) is 3.93. The Balaban J connectivity index is 3.27. The highest BCUT2D eigenvalue weighted by molar-refractivity contribution is 5.76.